The van der Waals surface area contributed by atoms with Gasteiger partial charge in [-0.3, -0.25) is 4.79 Å². The third kappa shape index (κ3) is 3.02. The summed E-state index contributed by atoms with van der Waals surface area (Å²) in [6, 6.07) is 10.9. The summed E-state index contributed by atoms with van der Waals surface area (Å²) in [6.07, 6.45) is 8.74. The van der Waals surface area contributed by atoms with Crippen molar-refractivity contribution in [3.05, 3.63) is 57.5 Å². The van der Waals surface area contributed by atoms with Gasteiger partial charge in [0.1, 0.15) is 0 Å². The van der Waals surface area contributed by atoms with E-state index in [0.717, 1.165) is 29.2 Å². The molecule has 0 aliphatic heterocycles. The van der Waals surface area contributed by atoms with Gasteiger partial charge in [0.15, 0.2) is 5.16 Å². The predicted octanol–water partition coefficient (Wildman–Crippen LogP) is 4.84. The standard InChI is InChI=1S/C22H26N2OS/c1-14-6-20(25)24-21(23-14)26-13-15-2-4-19(5-3-15)22-10-16-7-17(11-22)9-18(8-16)12-22/h2-6,16-18H,7-13H2,1H3,(H,23,24,25). The Balaban J connectivity index is 1.31. The number of H-pyrrole nitrogens is 1. The number of nitrogens with zero attached hydrogens (tertiary/aromatic N) is 1. The molecule has 6 rings (SSSR count). The first kappa shape index (κ1) is 16.6. The van der Waals surface area contributed by atoms with Crippen molar-refractivity contribution in [1.29, 1.82) is 0 Å². The van der Waals surface area contributed by atoms with Gasteiger partial charge in [-0.1, -0.05) is 36.0 Å². The first-order chi connectivity index (χ1) is 12.6. The number of aryl methyl sites for hydroxylation is 1. The third-order valence-electron chi connectivity index (χ3n) is 6.83. The first-order valence-corrected chi connectivity index (χ1v) is 10.9. The highest BCUT2D eigenvalue weighted by Gasteiger charge is 2.51. The van der Waals surface area contributed by atoms with Crippen molar-refractivity contribution in [2.24, 2.45) is 17.8 Å². The average Bonchev–Trinajstić information content (AvgIpc) is 2.58. The molecule has 0 radical (unpaired) electrons. The van der Waals surface area contributed by atoms with Gasteiger partial charge in [-0.25, -0.2) is 4.98 Å². The van der Waals surface area contributed by atoms with Gasteiger partial charge in [-0.15, -0.1) is 0 Å². The number of hydrogen-bond donors (Lipinski definition) is 1. The van der Waals surface area contributed by atoms with Crippen LogP contribution in [-0.4, -0.2) is 9.97 Å². The molecule has 1 aromatic heterocycles. The highest BCUT2D eigenvalue weighted by atomic mass is 32.2. The lowest BCUT2D eigenvalue weighted by Gasteiger charge is -2.57. The molecule has 1 aromatic carbocycles. The van der Waals surface area contributed by atoms with Crippen molar-refractivity contribution in [3.8, 4) is 0 Å². The number of rotatable bonds is 4. The Labute approximate surface area is 159 Å². The summed E-state index contributed by atoms with van der Waals surface area (Å²) < 4.78 is 0. The monoisotopic (exact) mass is 366 g/mol. The summed E-state index contributed by atoms with van der Waals surface area (Å²) in [5.74, 6) is 3.80. The van der Waals surface area contributed by atoms with Crippen molar-refractivity contribution in [1.82, 2.24) is 9.97 Å². The van der Waals surface area contributed by atoms with E-state index in [1.165, 1.54) is 50.2 Å². The van der Waals surface area contributed by atoms with Gasteiger partial charge in [-0.05, 0) is 79.7 Å². The van der Waals surface area contributed by atoms with E-state index in [1.807, 2.05) is 6.92 Å². The van der Waals surface area contributed by atoms with E-state index in [0.29, 0.717) is 10.6 Å². The Morgan fingerprint density at radius 2 is 1.69 bits per heavy atom. The molecular formula is C22H26N2OS. The second-order valence-electron chi connectivity index (χ2n) is 8.88. The van der Waals surface area contributed by atoms with Crippen LogP contribution in [0.5, 0.6) is 0 Å². The molecule has 4 aliphatic rings. The maximum atomic E-state index is 11.6. The average molecular weight is 367 g/mol. The van der Waals surface area contributed by atoms with Gasteiger partial charge in [0.05, 0.1) is 0 Å². The van der Waals surface area contributed by atoms with E-state index < -0.39 is 0 Å². The highest BCUT2D eigenvalue weighted by Crippen LogP contribution is 2.60. The van der Waals surface area contributed by atoms with Crippen molar-refractivity contribution < 1.29 is 0 Å². The molecule has 0 atom stereocenters. The number of aromatic amines is 1. The van der Waals surface area contributed by atoms with E-state index >= 15 is 0 Å². The Morgan fingerprint density at radius 1 is 1.08 bits per heavy atom. The van der Waals surface area contributed by atoms with Crippen LogP contribution in [0, 0.1) is 24.7 Å². The number of aromatic nitrogens is 2. The fourth-order valence-corrected chi connectivity index (χ4v) is 7.07. The summed E-state index contributed by atoms with van der Waals surface area (Å²) in [4.78, 5) is 18.8. The zero-order valence-corrected chi connectivity index (χ0v) is 16.1. The second kappa shape index (κ2) is 6.26. The zero-order valence-electron chi connectivity index (χ0n) is 15.3. The lowest BCUT2D eigenvalue weighted by molar-refractivity contribution is -0.00519. The Hall–Kier alpha value is -1.55. The summed E-state index contributed by atoms with van der Waals surface area (Å²) >= 11 is 1.60. The summed E-state index contributed by atoms with van der Waals surface area (Å²) in [7, 11) is 0. The Bertz CT molecular complexity index is 835. The lowest BCUT2D eigenvalue weighted by atomic mass is 9.48. The van der Waals surface area contributed by atoms with Gasteiger partial charge in [0, 0.05) is 17.5 Å². The van der Waals surface area contributed by atoms with Crippen LogP contribution in [0.3, 0.4) is 0 Å². The molecule has 3 nitrogen and oxygen atoms in total. The van der Waals surface area contributed by atoms with Crippen molar-refractivity contribution in [2.75, 3.05) is 0 Å². The molecule has 136 valence electrons. The van der Waals surface area contributed by atoms with Crippen LogP contribution in [0.2, 0.25) is 0 Å². The molecule has 0 spiro atoms. The molecule has 2 aromatic rings. The maximum absolute atomic E-state index is 11.6. The van der Waals surface area contributed by atoms with Crippen molar-refractivity contribution in [3.63, 3.8) is 0 Å². The number of thioether (sulfide) groups is 1. The van der Waals surface area contributed by atoms with E-state index in [9.17, 15) is 4.79 Å². The second-order valence-corrected chi connectivity index (χ2v) is 9.84. The summed E-state index contributed by atoms with van der Waals surface area (Å²) in [5.41, 5.74) is 4.05. The number of hydrogen-bond acceptors (Lipinski definition) is 3. The molecule has 4 bridgehead atoms. The van der Waals surface area contributed by atoms with Crippen LogP contribution >= 0.6 is 11.8 Å². The minimum Gasteiger partial charge on any atom is -0.301 e. The minimum absolute atomic E-state index is 0.0721. The quantitative estimate of drug-likeness (QED) is 0.622. The van der Waals surface area contributed by atoms with Gasteiger partial charge < -0.3 is 4.98 Å². The number of nitrogens with one attached hydrogen (secondary N) is 1. The molecule has 26 heavy (non-hydrogen) atoms. The fourth-order valence-electron chi connectivity index (χ4n) is 6.19. The third-order valence-corrected chi connectivity index (χ3v) is 7.77. The molecule has 4 heteroatoms. The predicted molar refractivity (Wildman–Crippen MR) is 105 cm³/mol. The van der Waals surface area contributed by atoms with Gasteiger partial charge >= 0.3 is 0 Å². The molecule has 4 saturated carbocycles. The van der Waals surface area contributed by atoms with E-state index in [2.05, 4.69) is 34.2 Å². The molecule has 0 amide bonds. The van der Waals surface area contributed by atoms with Crippen molar-refractivity contribution in [2.45, 2.75) is 61.8 Å². The molecule has 4 aliphatic carbocycles. The van der Waals surface area contributed by atoms with Crippen LogP contribution in [-0.2, 0) is 11.2 Å². The molecule has 0 saturated heterocycles. The van der Waals surface area contributed by atoms with Crippen LogP contribution in [0.25, 0.3) is 0 Å². The van der Waals surface area contributed by atoms with Gasteiger partial charge in [-0.2, -0.15) is 0 Å². The SMILES string of the molecule is Cc1cc(=O)[nH]c(SCc2ccc(C34CC5CC(CC(C5)C3)C4)cc2)n1. The minimum atomic E-state index is -0.0721. The highest BCUT2D eigenvalue weighted by molar-refractivity contribution is 7.98. The molecular weight excluding hydrogens is 340 g/mol. The van der Waals surface area contributed by atoms with Gasteiger partial charge in [0.25, 0.3) is 5.56 Å². The Morgan fingerprint density at radius 3 is 2.27 bits per heavy atom. The largest absolute Gasteiger partial charge is 0.301 e. The number of benzene rings is 1. The van der Waals surface area contributed by atoms with E-state index in [4.69, 9.17) is 0 Å². The first-order valence-electron chi connectivity index (χ1n) is 9.88. The van der Waals surface area contributed by atoms with Gasteiger partial charge in [0.2, 0.25) is 0 Å². The van der Waals surface area contributed by atoms with Crippen molar-refractivity contribution >= 4 is 11.8 Å². The molecule has 1 N–H and O–H groups in total. The molecule has 0 unspecified atom stereocenters. The fraction of sp³-hybridized carbons (Fsp3) is 0.545. The molecule has 4 fully saturated rings. The summed E-state index contributed by atoms with van der Waals surface area (Å²) in [6.45, 7) is 1.86. The van der Waals surface area contributed by atoms with E-state index in [-0.39, 0.29) is 5.56 Å². The lowest BCUT2D eigenvalue weighted by Crippen LogP contribution is -2.48. The maximum Gasteiger partial charge on any atom is 0.251 e. The smallest absolute Gasteiger partial charge is 0.251 e. The molecule has 1 heterocycles. The zero-order chi connectivity index (χ0) is 17.7. The van der Waals surface area contributed by atoms with E-state index in [1.54, 1.807) is 17.3 Å². The normalized spacial score (nSPS) is 32.1. The van der Waals surface area contributed by atoms with Crippen LogP contribution in [0.15, 0.2) is 40.3 Å². The topological polar surface area (TPSA) is 45.8 Å². The van der Waals surface area contributed by atoms with Crippen LogP contribution < -0.4 is 5.56 Å². The summed E-state index contributed by atoms with van der Waals surface area (Å²) in [5, 5.41) is 0.708. The van der Waals surface area contributed by atoms with Crippen LogP contribution in [0.4, 0.5) is 0 Å². The Kier molecular flexibility index (Phi) is 4.00. The van der Waals surface area contributed by atoms with Crippen LogP contribution in [0.1, 0.15) is 55.3 Å².